The van der Waals surface area contributed by atoms with Crippen molar-refractivity contribution in [1.29, 1.82) is 5.41 Å². The molecule has 0 radical (unpaired) electrons. The molecule has 7 nitrogen and oxygen atoms in total. The Morgan fingerprint density at radius 2 is 1.54 bits per heavy atom. The standard InChI is InChI=1S/C27H27Cl2N5O2S/c1-3-33(4-2)26(30)27(32-37(35,36)23-16-14-22(29)15-17-23)34-18-24(19-8-6-5-7-9-19)25(31-34)20-10-12-21(28)13-11-20/h5-17,24,30H,3-4,18H2,1-2H3/b30-26?,32-27+. The number of hydrazone groups is 1. The van der Waals surface area contributed by atoms with Gasteiger partial charge in [-0.1, -0.05) is 65.7 Å². The van der Waals surface area contributed by atoms with Gasteiger partial charge in [0.1, 0.15) is 0 Å². The summed E-state index contributed by atoms with van der Waals surface area (Å²) in [6.07, 6.45) is 0. The Morgan fingerprint density at radius 1 is 0.973 bits per heavy atom. The van der Waals surface area contributed by atoms with Crippen LogP contribution < -0.4 is 0 Å². The Hall–Kier alpha value is -3.20. The smallest absolute Gasteiger partial charge is 0.284 e. The predicted octanol–water partition coefficient (Wildman–Crippen LogP) is 5.90. The van der Waals surface area contributed by atoms with Gasteiger partial charge in [0.15, 0.2) is 5.84 Å². The van der Waals surface area contributed by atoms with Gasteiger partial charge in [-0.25, -0.2) is 5.01 Å². The summed E-state index contributed by atoms with van der Waals surface area (Å²) in [7, 11) is -4.15. The van der Waals surface area contributed by atoms with E-state index in [-0.39, 0.29) is 22.5 Å². The van der Waals surface area contributed by atoms with Crippen LogP contribution in [0.15, 0.2) is 93.3 Å². The van der Waals surface area contributed by atoms with Crippen LogP contribution in [0, 0.1) is 5.41 Å². The summed E-state index contributed by atoms with van der Waals surface area (Å²) in [4.78, 5) is 1.73. The number of nitrogens with one attached hydrogen (secondary N) is 1. The van der Waals surface area contributed by atoms with E-state index in [4.69, 9.17) is 33.7 Å². The van der Waals surface area contributed by atoms with Crippen molar-refractivity contribution < 1.29 is 8.42 Å². The van der Waals surface area contributed by atoms with E-state index in [0.29, 0.717) is 29.7 Å². The van der Waals surface area contributed by atoms with Crippen LogP contribution in [0.1, 0.15) is 30.9 Å². The molecule has 1 heterocycles. The molecule has 0 aliphatic carbocycles. The van der Waals surface area contributed by atoms with Crippen molar-refractivity contribution in [2.45, 2.75) is 24.7 Å². The largest absolute Gasteiger partial charge is 0.354 e. The number of halogens is 2. The lowest BCUT2D eigenvalue weighted by Gasteiger charge is -2.26. The minimum absolute atomic E-state index is 0.0116. The fourth-order valence-electron chi connectivity index (χ4n) is 4.13. The SMILES string of the molecule is CCN(CC)C(=N)/C(=N\S(=O)(=O)c1ccc(Cl)cc1)N1CC(c2ccccc2)C(c2ccc(Cl)cc2)=N1. The van der Waals surface area contributed by atoms with E-state index in [1.165, 1.54) is 29.3 Å². The molecule has 3 aromatic carbocycles. The second kappa shape index (κ2) is 11.5. The molecule has 1 aliphatic rings. The minimum atomic E-state index is -4.15. The summed E-state index contributed by atoms with van der Waals surface area (Å²) in [6.45, 7) is 5.16. The molecule has 10 heteroatoms. The van der Waals surface area contributed by atoms with Crippen LogP contribution in [0.3, 0.4) is 0 Å². The zero-order chi connectivity index (χ0) is 26.6. The highest BCUT2D eigenvalue weighted by Gasteiger charge is 2.34. The fraction of sp³-hybridized carbons (Fsp3) is 0.222. The second-order valence-electron chi connectivity index (χ2n) is 8.40. The monoisotopic (exact) mass is 555 g/mol. The van der Waals surface area contributed by atoms with Gasteiger partial charge in [-0.3, -0.25) is 5.41 Å². The molecule has 1 atom stereocenters. The van der Waals surface area contributed by atoms with Crippen LogP contribution in [0.4, 0.5) is 0 Å². The van der Waals surface area contributed by atoms with Gasteiger partial charge in [0.2, 0.25) is 5.84 Å². The molecule has 4 rings (SSSR count). The van der Waals surface area contributed by atoms with Gasteiger partial charge in [0.25, 0.3) is 10.0 Å². The first-order chi connectivity index (χ1) is 17.7. The van der Waals surface area contributed by atoms with Crippen molar-refractivity contribution in [3.63, 3.8) is 0 Å². The molecular weight excluding hydrogens is 529 g/mol. The Morgan fingerprint density at radius 3 is 2.11 bits per heavy atom. The molecule has 0 fully saturated rings. The molecule has 0 spiro atoms. The third kappa shape index (κ3) is 6.04. The molecule has 1 unspecified atom stereocenters. The molecule has 1 aliphatic heterocycles. The van der Waals surface area contributed by atoms with Gasteiger partial charge < -0.3 is 4.90 Å². The normalized spacial score (nSPS) is 16.0. The molecule has 0 amide bonds. The first kappa shape index (κ1) is 26.9. The van der Waals surface area contributed by atoms with Crippen molar-refractivity contribution in [3.05, 3.63) is 100 Å². The third-order valence-electron chi connectivity index (χ3n) is 6.11. The van der Waals surface area contributed by atoms with Gasteiger partial charge >= 0.3 is 0 Å². The highest BCUT2D eigenvalue weighted by molar-refractivity contribution is 7.90. The van der Waals surface area contributed by atoms with Gasteiger partial charge in [0, 0.05) is 29.1 Å². The maximum absolute atomic E-state index is 13.3. The fourth-order valence-corrected chi connectivity index (χ4v) is 5.37. The van der Waals surface area contributed by atoms with Crippen LogP contribution in [0.2, 0.25) is 10.0 Å². The maximum Gasteiger partial charge on any atom is 0.284 e. The van der Waals surface area contributed by atoms with Gasteiger partial charge in [0.05, 0.1) is 17.2 Å². The number of hydrogen-bond acceptors (Lipinski definition) is 4. The Kier molecular flexibility index (Phi) is 8.32. The number of likely N-dealkylation sites (N-methyl/N-ethyl adjacent to an activating group) is 1. The molecule has 3 aromatic rings. The summed E-state index contributed by atoms with van der Waals surface area (Å²) in [5.41, 5.74) is 2.62. The van der Waals surface area contributed by atoms with Crippen molar-refractivity contribution in [1.82, 2.24) is 9.91 Å². The lowest BCUT2D eigenvalue weighted by atomic mass is 9.91. The summed E-state index contributed by atoms with van der Waals surface area (Å²) in [6, 6.07) is 23.0. The zero-order valence-corrected chi connectivity index (χ0v) is 22.8. The predicted molar refractivity (Wildman–Crippen MR) is 151 cm³/mol. The lowest BCUT2D eigenvalue weighted by molar-refractivity contribution is 0.442. The summed E-state index contributed by atoms with van der Waals surface area (Å²) in [5.74, 6) is -0.227. The van der Waals surface area contributed by atoms with Crippen molar-refractivity contribution in [2.75, 3.05) is 19.6 Å². The molecule has 0 bridgehead atoms. The molecule has 0 saturated heterocycles. The van der Waals surface area contributed by atoms with Crippen LogP contribution in [-0.2, 0) is 10.0 Å². The van der Waals surface area contributed by atoms with Crippen LogP contribution in [0.5, 0.6) is 0 Å². The number of sulfonamides is 1. The van der Waals surface area contributed by atoms with Crippen molar-refractivity contribution in [2.24, 2.45) is 9.50 Å². The first-order valence-electron chi connectivity index (χ1n) is 11.8. The Bertz CT molecular complexity index is 1420. The second-order valence-corrected chi connectivity index (χ2v) is 10.9. The third-order valence-corrected chi connectivity index (χ3v) is 7.90. The average molecular weight is 557 g/mol. The Labute approximate surface area is 227 Å². The molecule has 0 saturated carbocycles. The molecule has 37 heavy (non-hydrogen) atoms. The first-order valence-corrected chi connectivity index (χ1v) is 14.0. The Balaban J connectivity index is 1.84. The molecule has 192 valence electrons. The van der Waals surface area contributed by atoms with Crippen LogP contribution in [-0.4, -0.2) is 55.3 Å². The molecular formula is C27H27Cl2N5O2S. The minimum Gasteiger partial charge on any atom is -0.354 e. The maximum atomic E-state index is 13.3. The van der Waals surface area contributed by atoms with Crippen molar-refractivity contribution in [3.8, 4) is 0 Å². The topological polar surface area (TPSA) is 89.2 Å². The van der Waals surface area contributed by atoms with E-state index in [1.54, 1.807) is 17.0 Å². The van der Waals surface area contributed by atoms with Gasteiger partial charge in [-0.05, 0) is 61.4 Å². The van der Waals surface area contributed by atoms with E-state index in [9.17, 15) is 8.42 Å². The van der Waals surface area contributed by atoms with Crippen LogP contribution >= 0.6 is 23.2 Å². The van der Waals surface area contributed by atoms with E-state index in [1.807, 2.05) is 56.3 Å². The van der Waals surface area contributed by atoms with Crippen LogP contribution in [0.25, 0.3) is 0 Å². The van der Waals surface area contributed by atoms with Gasteiger partial charge in [-0.2, -0.15) is 13.5 Å². The summed E-state index contributed by atoms with van der Waals surface area (Å²) >= 11 is 12.1. The van der Waals surface area contributed by atoms with E-state index in [0.717, 1.165) is 16.8 Å². The number of amidine groups is 2. The molecule has 1 N–H and O–H groups in total. The number of nitrogens with zero attached hydrogens (tertiary/aromatic N) is 4. The summed E-state index contributed by atoms with van der Waals surface area (Å²) in [5, 5.41) is 16.3. The number of hydrogen-bond donors (Lipinski definition) is 1. The quantitative estimate of drug-likeness (QED) is 0.302. The average Bonchev–Trinajstić information content (AvgIpc) is 3.34. The molecule has 0 aromatic heterocycles. The van der Waals surface area contributed by atoms with E-state index >= 15 is 0 Å². The number of rotatable bonds is 6. The van der Waals surface area contributed by atoms with E-state index < -0.39 is 10.0 Å². The van der Waals surface area contributed by atoms with Gasteiger partial charge in [-0.15, -0.1) is 4.40 Å². The zero-order valence-electron chi connectivity index (χ0n) is 20.5. The van der Waals surface area contributed by atoms with Crippen molar-refractivity contribution >= 4 is 50.6 Å². The highest BCUT2D eigenvalue weighted by Crippen LogP contribution is 2.30. The lowest BCUT2D eigenvalue weighted by Crippen LogP contribution is -2.43. The highest BCUT2D eigenvalue weighted by atomic mass is 35.5. The number of benzene rings is 3. The summed E-state index contributed by atoms with van der Waals surface area (Å²) < 4.78 is 30.8. The van der Waals surface area contributed by atoms with E-state index in [2.05, 4.69) is 4.40 Å².